The number of hydrogen-bond donors (Lipinski definition) is 0. The minimum absolute atomic E-state index is 0.324. The van der Waals surface area contributed by atoms with Crippen molar-refractivity contribution >= 4 is 11.5 Å². The molecular formula is C19H20FN5O. The van der Waals surface area contributed by atoms with Crippen LogP contribution < -0.4 is 4.90 Å². The first-order chi connectivity index (χ1) is 12.8. The molecule has 134 valence electrons. The minimum Gasteiger partial charge on any atom is -0.381 e. The van der Waals surface area contributed by atoms with Gasteiger partial charge in [0, 0.05) is 25.1 Å². The summed E-state index contributed by atoms with van der Waals surface area (Å²) < 4.78 is 21.5. The second-order valence-corrected chi connectivity index (χ2v) is 6.99. The van der Waals surface area contributed by atoms with Gasteiger partial charge in [-0.2, -0.15) is 4.52 Å². The molecule has 2 fully saturated rings. The van der Waals surface area contributed by atoms with Crippen LogP contribution in [0.4, 0.5) is 10.2 Å². The molecule has 0 spiro atoms. The van der Waals surface area contributed by atoms with Gasteiger partial charge >= 0.3 is 0 Å². The van der Waals surface area contributed by atoms with Crippen molar-refractivity contribution in [2.24, 2.45) is 5.92 Å². The van der Waals surface area contributed by atoms with Crippen molar-refractivity contribution in [2.45, 2.75) is 25.3 Å². The molecule has 5 rings (SSSR count). The Hall–Kier alpha value is -2.54. The van der Waals surface area contributed by atoms with Crippen LogP contribution >= 0.6 is 0 Å². The summed E-state index contributed by atoms with van der Waals surface area (Å²) in [5, 5.41) is 13.0. The molecule has 3 aromatic rings. The van der Waals surface area contributed by atoms with E-state index in [9.17, 15) is 4.39 Å². The van der Waals surface area contributed by atoms with Crippen LogP contribution in [0.25, 0.3) is 17.0 Å². The van der Waals surface area contributed by atoms with Gasteiger partial charge in [0.15, 0.2) is 11.5 Å². The molecular weight excluding hydrogens is 333 g/mol. The smallest absolute Gasteiger partial charge is 0.188 e. The Labute approximate surface area is 150 Å². The zero-order chi connectivity index (χ0) is 17.5. The fourth-order valence-corrected chi connectivity index (χ4v) is 3.99. The van der Waals surface area contributed by atoms with E-state index >= 15 is 0 Å². The molecule has 0 radical (unpaired) electrons. The number of nitrogens with zero attached hydrogens (tertiary/aromatic N) is 5. The maximum atomic E-state index is 14.2. The highest BCUT2D eigenvalue weighted by molar-refractivity contribution is 5.60. The molecule has 0 amide bonds. The lowest BCUT2D eigenvalue weighted by molar-refractivity contribution is 0.0355. The van der Waals surface area contributed by atoms with E-state index in [2.05, 4.69) is 15.1 Å². The summed E-state index contributed by atoms with van der Waals surface area (Å²) in [7, 11) is 0. The van der Waals surface area contributed by atoms with Gasteiger partial charge in [-0.25, -0.2) is 4.39 Å². The van der Waals surface area contributed by atoms with Crippen molar-refractivity contribution in [3.8, 4) is 11.4 Å². The van der Waals surface area contributed by atoms with Gasteiger partial charge in [0.1, 0.15) is 11.6 Å². The lowest BCUT2D eigenvalue weighted by Gasteiger charge is -2.47. The molecule has 26 heavy (non-hydrogen) atoms. The topological polar surface area (TPSA) is 55.5 Å². The van der Waals surface area contributed by atoms with E-state index in [0.717, 1.165) is 38.4 Å². The van der Waals surface area contributed by atoms with Gasteiger partial charge in [0.2, 0.25) is 0 Å². The quantitative estimate of drug-likeness (QED) is 0.725. The molecule has 2 aliphatic heterocycles. The van der Waals surface area contributed by atoms with Gasteiger partial charge in [-0.3, -0.25) is 0 Å². The molecule has 7 heteroatoms. The lowest BCUT2D eigenvalue weighted by atomic mass is 9.85. The molecule has 0 N–H and O–H groups in total. The third-order valence-electron chi connectivity index (χ3n) is 5.46. The number of benzene rings is 1. The summed E-state index contributed by atoms with van der Waals surface area (Å²) in [5.74, 6) is 1.55. The van der Waals surface area contributed by atoms with E-state index in [1.165, 1.54) is 12.5 Å². The molecule has 0 bridgehead atoms. The molecule has 6 nitrogen and oxygen atoms in total. The molecule has 2 saturated heterocycles. The second kappa shape index (κ2) is 6.32. The van der Waals surface area contributed by atoms with Gasteiger partial charge < -0.3 is 9.64 Å². The Bertz CT molecular complexity index is 937. The summed E-state index contributed by atoms with van der Waals surface area (Å²) in [6, 6.07) is 10.9. The third-order valence-corrected chi connectivity index (χ3v) is 5.46. The van der Waals surface area contributed by atoms with E-state index in [-0.39, 0.29) is 5.82 Å². The molecule has 2 unspecified atom stereocenters. The molecule has 0 aliphatic carbocycles. The average molecular weight is 353 g/mol. The summed E-state index contributed by atoms with van der Waals surface area (Å²) in [5.41, 5.74) is 1.02. The lowest BCUT2D eigenvalue weighted by Crippen LogP contribution is -2.54. The van der Waals surface area contributed by atoms with Crippen LogP contribution in [0.2, 0.25) is 0 Å². The molecule has 0 saturated carbocycles. The summed E-state index contributed by atoms with van der Waals surface area (Å²) in [4.78, 5) is 2.32. The second-order valence-electron chi connectivity index (χ2n) is 6.99. The van der Waals surface area contributed by atoms with E-state index < -0.39 is 0 Å². The Morgan fingerprint density at radius 2 is 2.00 bits per heavy atom. The number of rotatable bonds is 3. The van der Waals surface area contributed by atoms with Crippen molar-refractivity contribution in [2.75, 3.05) is 24.7 Å². The Kier molecular flexibility index (Phi) is 3.81. The monoisotopic (exact) mass is 353 g/mol. The highest BCUT2D eigenvalue weighted by atomic mass is 19.1. The Morgan fingerprint density at radius 3 is 2.77 bits per heavy atom. The zero-order valence-electron chi connectivity index (χ0n) is 14.4. The van der Waals surface area contributed by atoms with Gasteiger partial charge in [0.25, 0.3) is 0 Å². The highest BCUT2D eigenvalue weighted by Gasteiger charge is 2.36. The van der Waals surface area contributed by atoms with Crippen LogP contribution in [-0.2, 0) is 4.74 Å². The van der Waals surface area contributed by atoms with E-state index in [1.54, 1.807) is 22.7 Å². The number of halogens is 1. The molecule has 2 aromatic heterocycles. The largest absolute Gasteiger partial charge is 0.381 e. The van der Waals surface area contributed by atoms with Gasteiger partial charge in [0.05, 0.1) is 12.2 Å². The van der Waals surface area contributed by atoms with Gasteiger partial charge in [-0.05, 0) is 43.5 Å². The van der Waals surface area contributed by atoms with Crippen molar-refractivity contribution < 1.29 is 9.13 Å². The highest BCUT2D eigenvalue weighted by Crippen LogP contribution is 2.34. The number of aromatic nitrogens is 4. The minimum atomic E-state index is -0.324. The zero-order valence-corrected chi connectivity index (χ0v) is 14.4. The third kappa shape index (κ3) is 2.54. The van der Waals surface area contributed by atoms with Crippen LogP contribution in [0.15, 0.2) is 36.4 Å². The summed E-state index contributed by atoms with van der Waals surface area (Å²) >= 11 is 0. The fraction of sp³-hybridized carbons (Fsp3) is 0.421. The molecule has 2 atom stereocenters. The summed E-state index contributed by atoms with van der Waals surface area (Å²) in [6.45, 7) is 2.69. The summed E-state index contributed by atoms with van der Waals surface area (Å²) in [6.07, 6.45) is 3.50. The van der Waals surface area contributed by atoms with E-state index in [0.29, 0.717) is 29.0 Å². The normalized spacial score (nSPS) is 23.2. The van der Waals surface area contributed by atoms with Crippen LogP contribution in [0.3, 0.4) is 0 Å². The van der Waals surface area contributed by atoms with Crippen molar-refractivity contribution in [3.63, 3.8) is 0 Å². The van der Waals surface area contributed by atoms with Crippen LogP contribution in [-0.4, -0.2) is 45.6 Å². The standard InChI is InChI=1S/C19H20FN5O/c20-15-6-2-1-5-14(15)19-22-21-17-7-8-18(23-25(17)19)24-10-9-16(24)13-4-3-11-26-12-13/h1-2,5-8,13,16H,3-4,9-12H2. The van der Waals surface area contributed by atoms with Crippen molar-refractivity contribution in [1.29, 1.82) is 0 Å². The maximum Gasteiger partial charge on any atom is 0.188 e. The van der Waals surface area contributed by atoms with E-state index in [1.807, 2.05) is 12.1 Å². The predicted molar refractivity (Wildman–Crippen MR) is 95.5 cm³/mol. The number of fused-ring (bicyclic) bond motifs is 1. The number of hydrogen-bond acceptors (Lipinski definition) is 5. The number of anilines is 1. The Morgan fingerprint density at radius 1 is 1.08 bits per heavy atom. The average Bonchev–Trinajstić information content (AvgIpc) is 3.05. The Balaban J connectivity index is 1.50. The van der Waals surface area contributed by atoms with Gasteiger partial charge in [-0.15, -0.1) is 15.3 Å². The predicted octanol–water partition coefficient (Wildman–Crippen LogP) is 2.94. The number of ether oxygens (including phenoxy) is 1. The first-order valence-electron chi connectivity index (χ1n) is 9.13. The van der Waals surface area contributed by atoms with E-state index in [4.69, 9.17) is 9.84 Å². The molecule has 2 aliphatic rings. The van der Waals surface area contributed by atoms with Gasteiger partial charge in [-0.1, -0.05) is 12.1 Å². The SMILES string of the molecule is Fc1ccccc1-c1nnc2ccc(N3CCC3C3CCCOC3)nn12. The molecule has 1 aromatic carbocycles. The van der Waals surface area contributed by atoms with Crippen molar-refractivity contribution in [3.05, 3.63) is 42.2 Å². The first-order valence-corrected chi connectivity index (χ1v) is 9.13. The fourth-order valence-electron chi connectivity index (χ4n) is 3.99. The molecule has 4 heterocycles. The van der Waals surface area contributed by atoms with Crippen molar-refractivity contribution in [1.82, 2.24) is 19.8 Å². The first kappa shape index (κ1) is 15.7. The van der Waals surface area contributed by atoms with Crippen LogP contribution in [0, 0.1) is 11.7 Å². The van der Waals surface area contributed by atoms with Crippen LogP contribution in [0.5, 0.6) is 0 Å². The maximum absolute atomic E-state index is 14.2. The van der Waals surface area contributed by atoms with Crippen LogP contribution in [0.1, 0.15) is 19.3 Å².